The Morgan fingerprint density at radius 3 is 2.27 bits per heavy atom. The topological polar surface area (TPSA) is 97.6 Å². The minimum absolute atomic E-state index is 0.00821. The van der Waals surface area contributed by atoms with Gasteiger partial charge >= 0.3 is 0 Å². The standard InChI is InChI=1S/C26H26N2O5/c1-3-4-15-32-22-13-9-20(10-14-22)25(30)28-24(17-23-6-5-16-33-23)26(31)27-21-11-7-19(8-12-21)18(2)29/h5-14,16-17H,3-4,15H2,1-2H3,(H,27,31)(H,28,30)/b24-17+. The van der Waals surface area contributed by atoms with E-state index in [1.54, 1.807) is 60.7 Å². The summed E-state index contributed by atoms with van der Waals surface area (Å²) in [6.07, 6.45) is 4.91. The predicted octanol–water partition coefficient (Wildman–Crippen LogP) is 5.07. The third kappa shape index (κ3) is 6.93. The summed E-state index contributed by atoms with van der Waals surface area (Å²) in [4.78, 5) is 37.1. The molecule has 1 heterocycles. The normalized spacial score (nSPS) is 11.0. The lowest BCUT2D eigenvalue weighted by atomic mass is 10.1. The number of ketones is 1. The van der Waals surface area contributed by atoms with Crippen LogP contribution in [0.25, 0.3) is 6.08 Å². The molecule has 33 heavy (non-hydrogen) atoms. The lowest BCUT2D eigenvalue weighted by Crippen LogP contribution is -2.30. The van der Waals surface area contributed by atoms with E-state index in [1.807, 2.05) is 0 Å². The lowest BCUT2D eigenvalue weighted by Gasteiger charge is -2.12. The third-order valence-corrected chi connectivity index (χ3v) is 4.76. The van der Waals surface area contributed by atoms with Crippen LogP contribution < -0.4 is 15.4 Å². The molecule has 0 aliphatic rings. The van der Waals surface area contributed by atoms with Gasteiger partial charge in [0.25, 0.3) is 11.8 Å². The number of rotatable bonds is 10. The molecule has 7 heteroatoms. The smallest absolute Gasteiger partial charge is 0.272 e. The van der Waals surface area contributed by atoms with Crippen molar-refractivity contribution >= 4 is 29.4 Å². The zero-order valence-corrected chi connectivity index (χ0v) is 18.6. The number of hydrogen-bond donors (Lipinski definition) is 2. The Bertz CT molecular complexity index is 1110. The Hall–Kier alpha value is -4.13. The summed E-state index contributed by atoms with van der Waals surface area (Å²) in [7, 11) is 0. The summed E-state index contributed by atoms with van der Waals surface area (Å²) in [5.41, 5.74) is 1.41. The van der Waals surface area contributed by atoms with Gasteiger partial charge in [-0.3, -0.25) is 14.4 Å². The molecule has 0 spiro atoms. The van der Waals surface area contributed by atoms with Crippen molar-refractivity contribution in [3.8, 4) is 5.75 Å². The Kier molecular flexibility index (Phi) is 8.18. The molecule has 0 unspecified atom stereocenters. The number of anilines is 1. The molecule has 1 aromatic heterocycles. The molecular formula is C26H26N2O5. The molecule has 0 atom stereocenters. The van der Waals surface area contributed by atoms with Crippen LogP contribution in [-0.4, -0.2) is 24.2 Å². The summed E-state index contributed by atoms with van der Waals surface area (Å²) >= 11 is 0. The van der Waals surface area contributed by atoms with E-state index >= 15 is 0 Å². The molecule has 0 aliphatic heterocycles. The van der Waals surface area contributed by atoms with Crippen LogP contribution in [0.1, 0.15) is 53.2 Å². The number of carbonyl (C=O) groups excluding carboxylic acids is 3. The van der Waals surface area contributed by atoms with Crippen LogP contribution in [0.2, 0.25) is 0 Å². The second-order valence-electron chi connectivity index (χ2n) is 7.34. The summed E-state index contributed by atoms with van der Waals surface area (Å²) in [5, 5.41) is 5.37. The van der Waals surface area contributed by atoms with Crippen molar-refractivity contribution in [1.29, 1.82) is 0 Å². The molecule has 0 radical (unpaired) electrons. The van der Waals surface area contributed by atoms with Gasteiger partial charge in [0.1, 0.15) is 17.2 Å². The van der Waals surface area contributed by atoms with Crippen LogP contribution in [0.4, 0.5) is 5.69 Å². The molecule has 0 fully saturated rings. The molecule has 3 rings (SSSR count). The maximum atomic E-state index is 12.9. The van der Waals surface area contributed by atoms with E-state index in [4.69, 9.17) is 9.15 Å². The Labute approximate surface area is 192 Å². The first kappa shape index (κ1) is 23.5. The highest BCUT2D eigenvalue weighted by atomic mass is 16.5. The molecule has 0 bridgehead atoms. The maximum absolute atomic E-state index is 12.9. The summed E-state index contributed by atoms with van der Waals surface area (Å²) < 4.78 is 10.9. The SMILES string of the molecule is CCCCOc1ccc(C(=O)N/C(=C/c2ccco2)C(=O)Nc2ccc(C(C)=O)cc2)cc1. The second-order valence-corrected chi connectivity index (χ2v) is 7.34. The summed E-state index contributed by atoms with van der Waals surface area (Å²) in [6, 6.07) is 16.6. The fourth-order valence-corrected chi connectivity index (χ4v) is 2.89. The van der Waals surface area contributed by atoms with Crippen molar-refractivity contribution in [3.05, 3.63) is 89.5 Å². The van der Waals surface area contributed by atoms with E-state index < -0.39 is 11.8 Å². The zero-order chi connectivity index (χ0) is 23.6. The molecular weight excluding hydrogens is 420 g/mol. The highest BCUT2D eigenvalue weighted by molar-refractivity contribution is 6.10. The number of amides is 2. The molecule has 3 aromatic rings. The van der Waals surface area contributed by atoms with Crippen molar-refractivity contribution in [3.63, 3.8) is 0 Å². The van der Waals surface area contributed by atoms with Crippen LogP contribution in [-0.2, 0) is 4.79 Å². The monoisotopic (exact) mass is 446 g/mol. The van der Waals surface area contributed by atoms with Crippen LogP contribution in [0.3, 0.4) is 0 Å². The highest BCUT2D eigenvalue weighted by Crippen LogP contribution is 2.15. The lowest BCUT2D eigenvalue weighted by molar-refractivity contribution is -0.113. The summed E-state index contributed by atoms with van der Waals surface area (Å²) in [5.74, 6) is 0.0373. The van der Waals surface area contributed by atoms with E-state index in [1.165, 1.54) is 19.3 Å². The van der Waals surface area contributed by atoms with Gasteiger partial charge in [-0.15, -0.1) is 0 Å². The van der Waals surface area contributed by atoms with Gasteiger partial charge in [0.05, 0.1) is 12.9 Å². The molecule has 170 valence electrons. The molecule has 7 nitrogen and oxygen atoms in total. The van der Waals surface area contributed by atoms with Gasteiger partial charge in [0.2, 0.25) is 0 Å². The number of hydrogen-bond acceptors (Lipinski definition) is 5. The quantitative estimate of drug-likeness (QED) is 0.257. The average Bonchev–Trinajstić information content (AvgIpc) is 3.33. The highest BCUT2D eigenvalue weighted by Gasteiger charge is 2.16. The largest absolute Gasteiger partial charge is 0.494 e. The Balaban J connectivity index is 1.73. The van der Waals surface area contributed by atoms with Gasteiger partial charge in [-0.25, -0.2) is 0 Å². The number of carbonyl (C=O) groups is 3. The van der Waals surface area contributed by atoms with Crippen LogP contribution in [0, 0.1) is 0 Å². The molecule has 0 aliphatic carbocycles. The molecule has 2 aromatic carbocycles. The zero-order valence-electron chi connectivity index (χ0n) is 18.6. The van der Waals surface area contributed by atoms with Gasteiger partial charge in [0.15, 0.2) is 5.78 Å². The van der Waals surface area contributed by atoms with Crippen molar-refractivity contribution < 1.29 is 23.5 Å². The Morgan fingerprint density at radius 2 is 1.67 bits per heavy atom. The van der Waals surface area contributed by atoms with E-state index in [0.717, 1.165) is 12.8 Å². The second kappa shape index (κ2) is 11.5. The van der Waals surface area contributed by atoms with E-state index in [2.05, 4.69) is 17.6 Å². The molecule has 2 amide bonds. The first-order valence-corrected chi connectivity index (χ1v) is 10.7. The average molecular weight is 447 g/mol. The first-order valence-electron chi connectivity index (χ1n) is 10.7. The number of benzene rings is 2. The van der Waals surface area contributed by atoms with Crippen LogP contribution in [0.15, 0.2) is 77.0 Å². The van der Waals surface area contributed by atoms with Gasteiger partial charge in [-0.2, -0.15) is 0 Å². The van der Waals surface area contributed by atoms with E-state index in [-0.39, 0.29) is 11.5 Å². The number of furan rings is 1. The summed E-state index contributed by atoms with van der Waals surface area (Å²) in [6.45, 7) is 4.17. The Morgan fingerprint density at radius 1 is 0.970 bits per heavy atom. The van der Waals surface area contributed by atoms with Crippen LogP contribution >= 0.6 is 0 Å². The fourth-order valence-electron chi connectivity index (χ4n) is 2.89. The maximum Gasteiger partial charge on any atom is 0.272 e. The van der Waals surface area contributed by atoms with E-state index in [9.17, 15) is 14.4 Å². The van der Waals surface area contributed by atoms with E-state index in [0.29, 0.717) is 34.9 Å². The van der Waals surface area contributed by atoms with Crippen molar-refractivity contribution in [1.82, 2.24) is 5.32 Å². The van der Waals surface area contributed by atoms with Gasteiger partial charge in [-0.1, -0.05) is 13.3 Å². The van der Waals surface area contributed by atoms with Gasteiger partial charge < -0.3 is 19.8 Å². The van der Waals surface area contributed by atoms with Gasteiger partial charge in [-0.05, 0) is 74.0 Å². The minimum Gasteiger partial charge on any atom is -0.494 e. The first-order chi connectivity index (χ1) is 16.0. The molecule has 0 saturated carbocycles. The number of unbranched alkanes of at least 4 members (excludes halogenated alkanes) is 1. The fraction of sp³-hybridized carbons (Fsp3) is 0.192. The van der Waals surface area contributed by atoms with Crippen molar-refractivity contribution in [2.45, 2.75) is 26.7 Å². The minimum atomic E-state index is -0.533. The number of Topliss-reactive ketones (excluding diaryl/α,β-unsaturated/α-hetero) is 1. The molecule has 2 N–H and O–H groups in total. The third-order valence-electron chi connectivity index (χ3n) is 4.76. The molecule has 0 saturated heterocycles. The number of ether oxygens (including phenoxy) is 1. The van der Waals surface area contributed by atoms with Crippen molar-refractivity contribution in [2.24, 2.45) is 0 Å². The predicted molar refractivity (Wildman–Crippen MR) is 126 cm³/mol. The van der Waals surface area contributed by atoms with Crippen molar-refractivity contribution in [2.75, 3.05) is 11.9 Å². The van der Waals surface area contributed by atoms with Gasteiger partial charge in [0, 0.05) is 22.9 Å². The van der Waals surface area contributed by atoms with Crippen LogP contribution in [0.5, 0.6) is 5.75 Å². The number of nitrogens with one attached hydrogen (secondary N) is 2.